The maximum atomic E-state index is 12.7. The van der Waals surface area contributed by atoms with Gasteiger partial charge in [-0.15, -0.1) is 0 Å². The number of fused-ring (bicyclic) bond motifs is 1. The summed E-state index contributed by atoms with van der Waals surface area (Å²) < 4.78 is 6.08. The minimum atomic E-state index is -0.146. The van der Waals surface area contributed by atoms with Gasteiger partial charge in [0.1, 0.15) is 11.9 Å². The van der Waals surface area contributed by atoms with Crippen LogP contribution in [0.5, 0.6) is 5.75 Å². The van der Waals surface area contributed by atoms with Crippen molar-refractivity contribution < 1.29 is 9.53 Å². The molecule has 2 heterocycles. The van der Waals surface area contributed by atoms with Crippen LogP contribution < -0.4 is 10.1 Å². The molecule has 4 aromatic rings. The number of aromatic amines is 1. The van der Waals surface area contributed by atoms with E-state index in [1.54, 1.807) is 11.3 Å². The summed E-state index contributed by atoms with van der Waals surface area (Å²) in [5.74, 6) is 0.729. The number of nitrogens with zero attached hydrogens (tertiary/aromatic N) is 1. The molecule has 6 heteroatoms. The number of ether oxygens (including phenoxy) is 1. The van der Waals surface area contributed by atoms with Crippen LogP contribution in [0.2, 0.25) is 0 Å². The molecule has 0 bridgehead atoms. The Balaban J connectivity index is 1.30. The SMILES string of the molecule is Cc1[nH]c2ccc(C(=O)NC[C@H](C)Oc3cccc(CN(C)Cc4ccsc4)c3)cc2c1C. The lowest BCUT2D eigenvalue weighted by molar-refractivity contribution is 0.0932. The largest absolute Gasteiger partial charge is 0.489 e. The first-order valence-electron chi connectivity index (χ1n) is 11.2. The second kappa shape index (κ2) is 10.2. The van der Waals surface area contributed by atoms with Crippen LogP contribution in [0.25, 0.3) is 10.9 Å². The van der Waals surface area contributed by atoms with E-state index in [1.165, 1.54) is 16.7 Å². The van der Waals surface area contributed by atoms with Gasteiger partial charge in [0.2, 0.25) is 0 Å². The van der Waals surface area contributed by atoms with Crippen molar-refractivity contribution in [3.8, 4) is 5.75 Å². The van der Waals surface area contributed by atoms with Gasteiger partial charge in [-0.3, -0.25) is 9.69 Å². The molecular formula is C27H31N3O2S. The predicted octanol–water partition coefficient (Wildman–Crippen LogP) is 5.68. The maximum absolute atomic E-state index is 12.7. The number of aromatic nitrogens is 1. The van der Waals surface area contributed by atoms with Gasteiger partial charge in [0, 0.05) is 35.2 Å². The molecule has 0 aliphatic heterocycles. The molecule has 0 aliphatic carbocycles. The quantitative estimate of drug-likeness (QED) is 0.337. The molecule has 5 nitrogen and oxygen atoms in total. The van der Waals surface area contributed by atoms with E-state index < -0.39 is 0 Å². The van der Waals surface area contributed by atoms with Gasteiger partial charge in [-0.2, -0.15) is 11.3 Å². The number of benzene rings is 2. The van der Waals surface area contributed by atoms with E-state index >= 15 is 0 Å². The average molecular weight is 462 g/mol. The molecule has 2 aromatic carbocycles. The molecule has 0 aliphatic rings. The summed E-state index contributed by atoms with van der Waals surface area (Å²) in [7, 11) is 2.12. The van der Waals surface area contributed by atoms with Crippen LogP contribution in [-0.4, -0.2) is 35.5 Å². The van der Waals surface area contributed by atoms with Crippen LogP contribution in [0.1, 0.15) is 39.7 Å². The van der Waals surface area contributed by atoms with Crippen LogP contribution in [0.15, 0.2) is 59.3 Å². The molecule has 2 aromatic heterocycles. The third kappa shape index (κ3) is 5.83. The topological polar surface area (TPSA) is 57.4 Å². The van der Waals surface area contributed by atoms with Crippen molar-refractivity contribution in [2.75, 3.05) is 13.6 Å². The number of hydrogen-bond acceptors (Lipinski definition) is 4. The molecule has 1 amide bonds. The number of aryl methyl sites for hydroxylation is 2. The van der Waals surface area contributed by atoms with E-state index in [-0.39, 0.29) is 12.0 Å². The zero-order chi connectivity index (χ0) is 23.4. The lowest BCUT2D eigenvalue weighted by Gasteiger charge is -2.18. The summed E-state index contributed by atoms with van der Waals surface area (Å²) in [6.07, 6.45) is -0.146. The molecule has 0 saturated carbocycles. The number of hydrogen-bond donors (Lipinski definition) is 2. The van der Waals surface area contributed by atoms with Gasteiger partial charge >= 0.3 is 0 Å². The summed E-state index contributed by atoms with van der Waals surface area (Å²) in [6.45, 7) is 8.29. The zero-order valence-electron chi connectivity index (χ0n) is 19.6. The van der Waals surface area contributed by atoms with Crippen LogP contribution in [0.4, 0.5) is 0 Å². The normalized spacial score (nSPS) is 12.3. The second-order valence-corrected chi connectivity index (χ2v) is 9.51. The molecule has 0 saturated heterocycles. The van der Waals surface area contributed by atoms with Crippen molar-refractivity contribution in [3.05, 3.63) is 87.2 Å². The molecule has 4 rings (SSSR count). The van der Waals surface area contributed by atoms with Crippen LogP contribution in [-0.2, 0) is 13.1 Å². The van der Waals surface area contributed by atoms with E-state index in [2.05, 4.69) is 58.1 Å². The van der Waals surface area contributed by atoms with E-state index in [4.69, 9.17) is 4.74 Å². The Morgan fingerprint density at radius 1 is 1.12 bits per heavy atom. The van der Waals surface area contributed by atoms with Crippen LogP contribution >= 0.6 is 11.3 Å². The predicted molar refractivity (Wildman–Crippen MR) is 136 cm³/mol. The highest BCUT2D eigenvalue weighted by atomic mass is 32.1. The Kier molecular flexibility index (Phi) is 7.16. The number of amides is 1. The zero-order valence-corrected chi connectivity index (χ0v) is 20.5. The van der Waals surface area contributed by atoms with E-state index in [0.29, 0.717) is 12.1 Å². The third-order valence-electron chi connectivity index (χ3n) is 5.84. The van der Waals surface area contributed by atoms with Crippen molar-refractivity contribution in [3.63, 3.8) is 0 Å². The highest BCUT2D eigenvalue weighted by molar-refractivity contribution is 7.07. The van der Waals surface area contributed by atoms with Crippen molar-refractivity contribution in [1.29, 1.82) is 0 Å². The van der Waals surface area contributed by atoms with E-state index in [0.717, 1.165) is 35.4 Å². The molecule has 172 valence electrons. The van der Waals surface area contributed by atoms with Gasteiger partial charge in [-0.05, 0) is 91.7 Å². The van der Waals surface area contributed by atoms with Crippen molar-refractivity contribution in [2.24, 2.45) is 0 Å². The molecule has 1 atom stereocenters. The monoisotopic (exact) mass is 461 g/mol. The smallest absolute Gasteiger partial charge is 0.251 e. The fourth-order valence-corrected chi connectivity index (χ4v) is 4.65. The lowest BCUT2D eigenvalue weighted by atomic mass is 10.1. The molecule has 0 unspecified atom stereocenters. The highest BCUT2D eigenvalue weighted by Crippen LogP contribution is 2.22. The van der Waals surface area contributed by atoms with Gasteiger partial charge in [-0.25, -0.2) is 0 Å². The fourth-order valence-electron chi connectivity index (χ4n) is 3.99. The van der Waals surface area contributed by atoms with E-state index in [1.807, 2.05) is 44.2 Å². The Bertz CT molecular complexity index is 1230. The number of carbonyl (C=O) groups excluding carboxylic acids is 1. The molecular weight excluding hydrogens is 430 g/mol. The Morgan fingerprint density at radius 3 is 2.73 bits per heavy atom. The summed E-state index contributed by atoms with van der Waals surface area (Å²) in [6, 6.07) is 16.1. The fraction of sp³-hybridized carbons (Fsp3) is 0.296. The van der Waals surface area contributed by atoms with Gasteiger partial charge in [0.05, 0.1) is 6.54 Å². The van der Waals surface area contributed by atoms with Gasteiger partial charge in [-0.1, -0.05) is 12.1 Å². The molecule has 2 N–H and O–H groups in total. The van der Waals surface area contributed by atoms with Crippen molar-refractivity contribution in [1.82, 2.24) is 15.2 Å². The third-order valence-corrected chi connectivity index (χ3v) is 6.57. The van der Waals surface area contributed by atoms with Crippen molar-refractivity contribution in [2.45, 2.75) is 40.0 Å². The molecule has 0 radical (unpaired) electrons. The summed E-state index contributed by atoms with van der Waals surface area (Å²) in [4.78, 5) is 18.3. The Morgan fingerprint density at radius 2 is 1.94 bits per heavy atom. The first-order valence-corrected chi connectivity index (χ1v) is 12.2. The molecule has 0 fully saturated rings. The standard InChI is InChI=1S/C27H31N3O2S/c1-18(14-28-27(31)23-8-9-26-25(13-23)19(2)20(3)29-26)32-24-7-5-6-21(12-24)15-30(4)16-22-10-11-33-17-22/h5-13,17-18,29H,14-16H2,1-4H3,(H,28,31)/t18-/m0/s1. The minimum absolute atomic E-state index is 0.0885. The van der Waals surface area contributed by atoms with Crippen molar-refractivity contribution >= 4 is 28.1 Å². The number of rotatable bonds is 9. The van der Waals surface area contributed by atoms with Crippen LogP contribution in [0, 0.1) is 13.8 Å². The minimum Gasteiger partial charge on any atom is -0.489 e. The first kappa shape index (κ1) is 23.1. The average Bonchev–Trinajstić information content (AvgIpc) is 3.39. The maximum Gasteiger partial charge on any atom is 0.251 e. The van der Waals surface area contributed by atoms with Gasteiger partial charge < -0.3 is 15.0 Å². The van der Waals surface area contributed by atoms with Gasteiger partial charge in [0.25, 0.3) is 5.91 Å². The number of nitrogens with one attached hydrogen (secondary N) is 2. The number of carbonyl (C=O) groups is 1. The molecule has 0 spiro atoms. The number of thiophene rings is 1. The highest BCUT2D eigenvalue weighted by Gasteiger charge is 2.12. The summed E-state index contributed by atoms with van der Waals surface area (Å²) in [5.41, 5.74) is 6.56. The van der Waals surface area contributed by atoms with E-state index in [9.17, 15) is 4.79 Å². The molecule has 33 heavy (non-hydrogen) atoms. The summed E-state index contributed by atoms with van der Waals surface area (Å²) >= 11 is 1.73. The lowest BCUT2D eigenvalue weighted by Crippen LogP contribution is -2.33. The Labute approximate surface area is 199 Å². The van der Waals surface area contributed by atoms with Crippen LogP contribution in [0.3, 0.4) is 0 Å². The Hall–Kier alpha value is -3.09. The first-order chi connectivity index (χ1) is 15.9. The summed E-state index contributed by atoms with van der Waals surface area (Å²) in [5, 5.41) is 8.38. The number of H-pyrrole nitrogens is 1. The second-order valence-electron chi connectivity index (χ2n) is 8.73. The van der Waals surface area contributed by atoms with Gasteiger partial charge in [0.15, 0.2) is 0 Å².